The lowest BCUT2D eigenvalue weighted by atomic mass is 10.1. The quantitative estimate of drug-likeness (QED) is 0.668. The molecule has 0 amide bonds. The number of nitrogens with one attached hydrogen (secondary N) is 3. The maximum absolute atomic E-state index is 4.45. The van der Waals surface area contributed by atoms with Crippen LogP contribution < -0.4 is 5.32 Å². The molecule has 2 aromatic heterocycles. The highest BCUT2D eigenvalue weighted by Crippen LogP contribution is 2.27. The average Bonchev–Trinajstić information content (AvgIpc) is 3.17. The summed E-state index contributed by atoms with van der Waals surface area (Å²) in [5.41, 5.74) is 5.34. The summed E-state index contributed by atoms with van der Waals surface area (Å²) in [6.45, 7) is 3.07. The Morgan fingerprint density at radius 3 is 3.05 bits per heavy atom. The van der Waals surface area contributed by atoms with Crippen LogP contribution in [0.1, 0.15) is 30.4 Å². The molecular formula is C15H17N5. The average molecular weight is 267 g/mol. The molecule has 0 radical (unpaired) electrons. The lowest BCUT2D eigenvalue weighted by Crippen LogP contribution is -2.12. The highest BCUT2D eigenvalue weighted by molar-refractivity contribution is 5.81. The van der Waals surface area contributed by atoms with Gasteiger partial charge in [0.1, 0.15) is 5.82 Å². The van der Waals surface area contributed by atoms with Crippen molar-refractivity contribution in [3.8, 4) is 11.3 Å². The predicted molar refractivity (Wildman–Crippen MR) is 78.4 cm³/mol. The molecule has 0 spiro atoms. The Morgan fingerprint density at radius 2 is 2.20 bits per heavy atom. The van der Waals surface area contributed by atoms with Crippen LogP contribution in [-0.2, 0) is 0 Å². The lowest BCUT2D eigenvalue weighted by Gasteiger charge is -2.05. The summed E-state index contributed by atoms with van der Waals surface area (Å²) in [4.78, 5) is 7.69. The predicted octanol–water partition coefficient (Wildman–Crippen LogP) is 2.69. The zero-order valence-electron chi connectivity index (χ0n) is 11.4. The molecule has 0 aliphatic carbocycles. The van der Waals surface area contributed by atoms with E-state index in [0.29, 0.717) is 6.04 Å². The summed E-state index contributed by atoms with van der Waals surface area (Å²) >= 11 is 0. The summed E-state index contributed by atoms with van der Waals surface area (Å²) in [5, 5.41) is 11.1. The van der Waals surface area contributed by atoms with E-state index in [9.17, 15) is 0 Å². The SMILES string of the molecule is Cc1nc2ccc(-c3cc(C4CCCN4)[nH]n3)cc2[nH]1. The van der Waals surface area contributed by atoms with E-state index in [4.69, 9.17) is 0 Å². The van der Waals surface area contributed by atoms with E-state index in [1.54, 1.807) is 0 Å². The molecule has 1 aliphatic rings. The zero-order valence-corrected chi connectivity index (χ0v) is 11.4. The van der Waals surface area contributed by atoms with Crippen LogP contribution in [0.5, 0.6) is 0 Å². The summed E-state index contributed by atoms with van der Waals surface area (Å²) < 4.78 is 0. The molecule has 5 heteroatoms. The van der Waals surface area contributed by atoms with Crippen LogP contribution in [0, 0.1) is 6.92 Å². The molecule has 5 nitrogen and oxygen atoms in total. The normalized spacial score (nSPS) is 18.9. The molecule has 1 unspecified atom stereocenters. The van der Waals surface area contributed by atoms with Crippen molar-refractivity contribution >= 4 is 11.0 Å². The van der Waals surface area contributed by atoms with Gasteiger partial charge in [0.2, 0.25) is 0 Å². The first-order valence-electron chi connectivity index (χ1n) is 7.05. The number of hydrogen-bond donors (Lipinski definition) is 3. The van der Waals surface area contributed by atoms with Crippen LogP contribution in [0.2, 0.25) is 0 Å². The lowest BCUT2D eigenvalue weighted by molar-refractivity contribution is 0.625. The molecule has 1 atom stereocenters. The third kappa shape index (κ3) is 1.91. The van der Waals surface area contributed by atoms with E-state index in [2.05, 4.69) is 43.7 Å². The van der Waals surface area contributed by atoms with E-state index in [-0.39, 0.29) is 0 Å². The molecule has 3 N–H and O–H groups in total. The fourth-order valence-electron chi connectivity index (χ4n) is 2.91. The van der Waals surface area contributed by atoms with Crippen molar-refractivity contribution in [3.05, 3.63) is 35.8 Å². The van der Waals surface area contributed by atoms with Crippen molar-refractivity contribution in [1.29, 1.82) is 0 Å². The molecule has 1 fully saturated rings. The Morgan fingerprint density at radius 1 is 1.25 bits per heavy atom. The Bertz CT molecular complexity index is 749. The number of hydrogen-bond acceptors (Lipinski definition) is 3. The number of rotatable bonds is 2. The molecule has 1 aliphatic heterocycles. The number of aryl methyl sites for hydroxylation is 1. The van der Waals surface area contributed by atoms with E-state index in [0.717, 1.165) is 34.7 Å². The first-order chi connectivity index (χ1) is 9.79. The largest absolute Gasteiger partial charge is 0.342 e. The van der Waals surface area contributed by atoms with Gasteiger partial charge in [-0.25, -0.2) is 4.98 Å². The van der Waals surface area contributed by atoms with Gasteiger partial charge in [-0.2, -0.15) is 5.10 Å². The third-order valence-electron chi connectivity index (χ3n) is 3.93. The van der Waals surface area contributed by atoms with Crippen molar-refractivity contribution in [1.82, 2.24) is 25.5 Å². The maximum atomic E-state index is 4.45. The Kier molecular flexibility index (Phi) is 2.60. The molecule has 0 saturated carbocycles. The van der Waals surface area contributed by atoms with Gasteiger partial charge in [-0.05, 0) is 44.5 Å². The molecule has 102 valence electrons. The standard InChI is InChI=1S/C15H17N5/c1-9-17-12-5-4-10(7-14(12)18-9)13-8-15(20-19-13)11-3-2-6-16-11/h4-5,7-8,11,16H,2-3,6H2,1H3,(H,17,18)(H,19,20). The summed E-state index contributed by atoms with van der Waals surface area (Å²) in [7, 11) is 0. The van der Waals surface area contributed by atoms with E-state index >= 15 is 0 Å². The van der Waals surface area contributed by atoms with Gasteiger partial charge in [0.05, 0.1) is 22.4 Å². The first kappa shape index (κ1) is 11.7. The molecule has 3 aromatic rings. The minimum absolute atomic E-state index is 0.425. The van der Waals surface area contributed by atoms with Gasteiger partial charge in [-0.15, -0.1) is 0 Å². The monoisotopic (exact) mass is 267 g/mol. The molecule has 3 heterocycles. The van der Waals surface area contributed by atoms with Crippen molar-refractivity contribution in [2.24, 2.45) is 0 Å². The second kappa shape index (κ2) is 4.45. The molecule has 1 aromatic carbocycles. The fourth-order valence-corrected chi connectivity index (χ4v) is 2.91. The van der Waals surface area contributed by atoms with Crippen molar-refractivity contribution < 1.29 is 0 Å². The third-order valence-corrected chi connectivity index (χ3v) is 3.93. The molecular weight excluding hydrogens is 250 g/mol. The topological polar surface area (TPSA) is 69.4 Å². The molecule has 0 bridgehead atoms. The Hall–Kier alpha value is -2.14. The van der Waals surface area contributed by atoms with E-state index in [1.807, 2.05) is 13.0 Å². The van der Waals surface area contributed by atoms with Gasteiger partial charge in [-0.1, -0.05) is 6.07 Å². The highest BCUT2D eigenvalue weighted by atomic mass is 15.1. The molecule has 20 heavy (non-hydrogen) atoms. The summed E-state index contributed by atoms with van der Waals surface area (Å²) in [6, 6.07) is 8.79. The van der Waals surface area contributed by atoms with Crippen molar-refractivity contribution in [2.45, 2.75) is 25.8 Å². The van der Waals surface area contributed by atoms with Gasteiger partial charge in [0.15, 0.2) is 0 Å². The van der Waals surface area contributed by atoms with Crippen LogP contribution in [-0.4, -0.2) is 26.7 Å². The number of aromatic amines is 2. The van der Waals surface area contributed by atoms with E-state index < -0.39 is 0 Å². The molecule has 1 saturated heterocycles. The van der Waals surface area contributed by atoms with Crippen molar-refractivity contribution in [2.75, 3.05) is 6.54 Å². The van der Waals surface area contributed by atoms with Crippen molar-refractivity contribution in [3.63, 3.8) is 0 Å². The van der Waals surface area contributed by atoms with Crippen LogP contribution in [0.15, 0.2) is 24.3 Å². The number of nitrogens with zero attached hydrogens (tertiary/aromatic N) is 2. The summed E-state index contributed by atoms with van der Waals surface area (Å²) in [6.07, 6.45) is 2.42. The number of imidazole rings is 1. The fraction of sp³-hybridized carbons (Fsp3) is 0.333. The van der Waals surface area contributed by atoms with Crippen LogP contribution in [0.25, 0.3) is 22.3 Å². The van der Waals surface area contributed by atoms with Gasteiger partial charge in [0.25, 0.3) is 0 Å². The van der Waals surface area contributed by atoms with E-state index in [1.165, 1.54) is 18.5 Å². The Balaban J connectivity index is 1.71. The second-order valence-corrected chi connectivity index (χ2v) is 5.41. The minimum atomic E-state index is 0.425. The number of fused-ring (bicyclic) bond motifs is 1. The smallest absolute Gasteiger partial charge is 0.104 e. The maximum Gasteiger partial charge on any atom is 0.104 e. The second-order valence-electron chi connectivity index (χ2n) is 5.41. The van der Waals surface area contributed by atoms with Gasteiger partial charge in [0, 0.05) is 11.6 Å². The Labute approximate surface area is 116 Å². The van der Waals surface area contributed by atoms with Crippen LogP contribution in [0.3, 0.4) is 0 Å². The van der Waals surface area contributed by atoms with Gasteiger partial charge < -0.3 is 10.3 Å². The number of aromatic nitrogens is 4. The number of H-pyrrole nitrogens is 2. The number of benzene rings is 1. The molecule has 4 rings (SSSR count). The zero-order chi connectivity index (χ0) is 13.5. The first-order valence-corrected chi connectivity index (χ1v) is 7.05. The highest BCUT2D eigenvalue weighted by Gasteiger charge is 2.18. The van der Waals surface area contributed by atoms with Crippen LogP contribution in [0.4, 0.5) is 0 Å². The van der Waals surface area contributed by atoms with Gasteiger partial charge in [-0.3, -0.25) is 5.10 Å². The minimum Gasteiger partial charge on any atom is -0.342 e. The summed E-state index contributed by atoms with van der Waals surface area (Å²) in [5.74, 6) is 0.940. The van der Waals surface area contributed by atoms with Gasteiger partial charge >= 0.3 is 0 Å². The van der Waals surface area contributed by atoms with Crippen LogP contribution >= 0.6 is 0 Å².